The number of carbonyl (C=O) groups excluding carboxylic acids is 1. The molecule has 4 aromatic rings. The minimum absolute atomic E-state index is 0.124. The number of nitrogens with one attached hydrogen (secondary N) is 1. The summed E-state index contributed by atoms with van der Waals surface area (Å²) in [6, 6.07) is 12.9. The van der Waals surface area contributed by atoms with Crippen LogP contribution in [0.3, 0.4) is 0 Å². The lowest BCUT2D eigenvalue weighted by Gasteiger charge is -2.15. The standard InChI is InChI=1S/C22H15Cl3FN3O3/c1-32-12-8-9-19-13(10-12)21(30)29(22(31)27-20-16(24)5-2-6-17(20)25)28(19)11-14-15(23)4-3-7-18(14)26/h2-10H,11H2,1H3,(H,27,31). The molecule has 1 aromatic heterocycles. The van der Waals surface area contributed by atoms with Crippen molar-refractivity contribution >= 4 is 57.4 Å². The average molecular weight is 495 g/mol. The second-order valence-electron chi connectivity index (χ2n) is 6.78. The summed E-state index contributed by atoms with van der Waals surface area (Å²) in [5, 5.41) is 3.32. The number of para-hydroxylation sites is 1. The fourth-order valence-corrected chi connectivity index (χ4v) is 4.05. The number of methoxy groups -OCH3 is 1. The molecule has 1 heterocycles. The average Bonchev–Trinajstić information content (AvgIpc) is 3.04. The number of fused-ring (bicyclic) bond motifs is 1. The van der Waals surface area contributed by atoms with E-state index in [1.807, 2.05) is 0 Å². The summed E-state index contributed by atoms with van der Waals surface area (Å²) >= 11 is 18.5. The van der Waals surface area contributed by atoms with Crippen LogP contribution >= 0.6 is 34.8 Å². The minimum atomic E-state index is -0.826. The van der Waals surface area contributed by atoms with Gasteiger partial charge in [-0.15, -0.1) is 0 Å². The van der Waals surface area contributed by atoms with Gasteiger partial charge >= 0.3 is 6.03 Å². The van der Waals surface area contributed by atoms with Crippen LogP contribution in [0.15, 0.2) is 59.4 Å². The molecule has 10 heteroatoms. The summed E-state index contributed by atoms with van der Waals surface area (Å²) in [4.78, 5) is 26.4. The van der Waals surface area contributed by atoms with Crippen molar-refractivity contribution in [1.82, 2.24) is 9.36 Å². The molecule has 4 rings (SSSR count). The van der Waals surface area contributed by atoms with E-state index < -0.39 is 17.4 Å². The van der Waals surface area contributed by atoms with Gasteiger partial charge < -0.3 is 10.1 Å². The van der Waals surface area contributed by atoms with Crippen LogP contribution in [0, 0.1) is 5.82 Å². The predicted octanol–water partition coefficient (Wildman–Crippen LogP) is 6.04. The molecule has 0 unspecified atom stereocenters. The molecule has 0 aliphatic heterocycles. The summed E-state index contributed by atoms with van der Waals surface area (Å²) in [6.45, 7) is -0.180. The lowest BCUT2D eigenvalue weighted by Crippen LogP contribution is -2.34. The Hall–Kier alpha value is -3.00. The summed E-state index contributed by atoms with van der Waals surface area (Å²) in [7, 11) is 1.46. The van der Waals surface area contributed by atoms with E-state index >= 15 is 0 Å². The van der Waals surface area contributed by atoms with Gasteiger partial charge in [-0.3, -0.25) is 9.48 Å². The highest BCUT2D eigenvalue weighted by molar-refractivity contribution is 6.39. The van der Waals surface area contributed by atoms with Crippen LogP contribution in [0.5, 0.6) is 5.75 Å². The molecule has 0 radical (unpaired) electrons. The van der Waals surface area contributed by atoms with Crippen molar-refractivity contribution < 1.29 is 13.9 Å². The first-order valence-corrected chi connectivity index (χ1v) is 10.4. The number of halogens is 4. The molecule has 3 aromatic carbocycles. The number of ether oxygens (including phenoxy) is 1. The number of anilines is 1. The third kappa shape index (κ3) is 3.95. The van der Waals surface area contributed by atoms with Crippen LogP contribution in [0.25, 0.3) is 10.9 Å². The zero-order valence-corrected chi connectivity index (χ0v) is 18.8. The SMILES string of the molecule is COc1ccc2c(c1)c(=O)n(C(=O)Nc1c(Cl)cccc1Cl)n2Cc1c(F)cccc1Cl. The lowest BCUT2D eigenvalue weighted by molar-refractivity contribution is 0.246. The molecule has 0 bridgehead atoms. The Labute approximate surface area is 196 Å². The van der Waals surface area contributed by atoms with Crippen molar-refractivity contribution in [2.45, 2.75) is 6.54 Å². The van der Waals surface area contributed by atoms with Crippen molar-refractivity contribution in [2.24, 2.45) is 0 Å². The molecule has 1 N–H and O–H groups in total. The Morgan fingerprint density at radius 1 is 1.03 bits per heavy atom. The fraction of sp³-hybridized carbons (Fsp3) is 0.0909. The molecule has 0 aliphatic carbocycles. The molecule has 1 amide bonds. The molecule has 164 valence electrons. The van der Waals surface area contributed by atoms with E-state index in [0.29, 0.717) is 11.3 Å². The summed E-state index contributed by atoms with van der Waals surface area (Å²) in [6.07, 6.45) is 0. The van der Waals surface area contributed by atoms with Gasteiger partial charge in [0.05, 0.1) is 40.3 Å². The summed E-state index contributed by atoms with van der Waals surface area (Å²) in [5.41, 5.74) is 0.0211. The Balaban J connectivity index is 1.90. The van der Waals surface area contributed by atoms with Crippen LogP contribution in [0.2, 0.25) is 15.1 Å². The van der Waals surface area contributed by atoms with E-state index in [4.69, 9.17) is 39.5 Å². The van der Waals surface area contributed by atoms with Crippen molar-refractivity contribution in [3.05, 3.63) is 91.4 Å². The highest BCUT2D eigenvalue weighted by Gasteiger charge is 2.22. The molecule has 0 aliphatic rings. The molecular formula is C22H15Cl3FN3O3. The van der Waals surface area contributed by atoms with Gasteiger partial charge in [-0.25, -0.2) is 9.18 Å². The molecule has 0 saturated carbocycles. The zero-order chi connectivity index (χ0) is 23.0. The smallest absolute Gasteiger partial charge is 0.348 e. The second kappa shape index (κ2) is 8.86. The van der Waals surface area contributed by atoms with Crippen molar-refractivity contribution in [3.63, 3.8) is 0 Å². The molecule has 0 fully saturated rings. The molecule has 32 heavy (non-hydrogen) atoms. The number of carbonyl (C=O) groups is 1. The first-order valence-electron chi connectivity index (χ1n) is 9.29. The third-order valence-corrected chi connectivity index (χ3v) is 5.89. The quantitative estimate of drug-likeness (QED) is 0.376. The Kier molecular flexibility index (Phi) is 6.15. The van der Waals surface area contributed by atoms with E-state index in [1.54, 1.807) is 30.3 Å². The highest BCUT2D eigenvalue weighted by atomic mass is 35.5. The first-order chi connectivity index (χ1) is 15.3. The van der Waals surface area contributed by atoms with Crippen molar-refractivity contribution in [2.75, 3.05) is 12.4 Å². The monoisotopic (exact) mass is 493 g/mol. The molecule has 0 saturated heterocycles. The lowest BCUT2D eigenvalue weighted by atomic mass is 10.2. The zero-order valence-electron chi connectivity index (χ0n) is 16.5. The maximum atomic E-state index is 14.5. The number of aromatic nitrogens is 2. The Morgan fingerprint density at radius 3 is 2.34 bits per heavy atom. The summed E-state index contributed by atoms with van der Waals surface area (Å²) < 4.78 is 21.9. The van der Waals surface area contributed by atoms with E-state index in [9.17, 15) is 14.0 Å². The van der Waals surface area contributed by atoms with E-state index in [1.165, 1.54) is 36.1 Å². The number of rotatable bonds is 4. The normalized spacial score (nSPS) is 11.0. The van der Waals surface area contributed by atoms with Gasteiger partial charge in [0.1, 0.15) is 11.6 Å². The van der Waals surface area contributed by atoms with Crippen LogP contribution in [0.4, 0.5) is 14.9 Å². The van der Waals surface area contributed by atoms with Gasteiger partial charge in [0.25, 0.3) is 5.56 Å². The maximum absolute atomic E-state index is 14.5. The van der Waals surface area contributed by atoms with Crippen molar-refractivity contribution in [3.8, 4) is 5.75 Å². The third-order valence-electron chi connectivity index (χ3n) is 4.90. The van der Waals surface area contributed by atoms with Gasteiger partial charge in [-0.1, -0.05) is 46.9 Å². The Morgan fingerprint density at radius 2 is 1.69 bits per heavy atom. The molecular weight excluding hydrogens is 480 g/mol. The topological polar surface area (TPSA) is 65.3 Å². The largest absolute Gasteiger partial charge is 0.497 e. The fourth-order valence-electron chi connectivity index (χ4n) is 3.34. The Bertz CT molecular complexity index is 1370. The van der Waals surface area contributed by atoms with E-state index in [-0.39, 0.29) is 38.2 Å². The molecule has 0 atom stereocenters. The summed E-state index contributed by atoms with van der Waals surface area (Å²) in [5.74, 6) is -0.140. The van der Waals surface area contributed by atoms with E-state index in [2.05, 4.69) is 5.32 Å². The van der Waals surface area contributed by atoms with Gasteiger partial charge in [-0.05, 0) is 42.5 Å². The van der Waals surface area contributed by atoms with Crippen LogP contribution in [0.1, 0.15) is 5.56 Å². The van der Waals surface area contributed by atoms with E-state index in [0.717, 1.165) is 4.68 Å². The number of hydrogen-bond donors (Lipinski definition) is 1. The number of benzene rings is 3. The first kappa shape index (κ1) is 22.2. The van der Waals surface area contributed by atoms with Crippen LogP contribution in [-0.4, -0.2) is 22.5 Å². The van der Waals surface area contributed by atoms with Crippen LogP contribution in [-0.2, 0) is 6.54 Å². The van der Waals surface area contributed by atoms with Gasteiger partial charge in [-0.2, -0.15) is 4.68 Å². The minimum Gasteiger partial charge on any atom is -0.497 e. The molecule has 6 nitrogen and oxygen atoms in total. The maximum Gasteiger partial charge on any atom is 0.348 e. The second-order valence-corrected chi connectivity index (χ2v) is 8.01. The number of amides is 1. The van der Waals surface area contributed by atoms with Crippen LogP contribution < -0.4 is 15.6 Å². The van der Waals surface area contributed by atoms with Gasteiger partial charge in [0, 0.05) is 10.6 Å². The highest BCUT2D eigenvalue weighted by Crippen LogP contribution is 2.30. The molecule has 0 spiro atoms. The number of nitrogens with zero attached hydrogens (tertiary/aromatic N) is 2. The number of hydrogen-bond acceptors (Lipinski definition) is 3. The van der Waals surface area contributed by atoms with Crippen molar-refractivity contribution in [1.29, 1.82) is 0 Å². The van der Waals surface area contributed by atoms with Gasteiger partial charge in [0.2, 0.25) is 0 Å². The predicted molar refractivity (Wildman–Crippen MR) is 124 cm³/mol. The van der Waals surface area contributed by atoms with Gasteiger partial charge in [0.15, 0.2) is 0 Å².